The highest BCUT2D eigenvalue weighted by atomic mass is 35.5. The average molecular weight is 423 g/mol. The molecule has 0 spiro atoms. The molecular formula is C21H14ClFN5O2+. The summed E-state index contributed by atoms with van der Waals surface area (Å²) in [5.74, 6) is -1.28. The van der Waals surface area contributed by atoms with E-state index in [0.717, 1.165) is 22.2 Å². The van der Waals surface area contributed by atoms with Crippen molar-refractivity contribution in [3.8, 4) is 6.07 Å². The van der Waals surface area contributed by atoms with Crippen LogP contribution in [0.3, 0.4) is 0 Å². The number of nitrogens with zero attached hydrogens (tertiary/aromatic N) is 3. The van der Waals surface area contributed by atoms with Crippen molar-refractivity contribution in [3.63, 3.8) is 0 Å². The van der Waals surface area contributed by atoms with Gasteiger partial charge in [-0.1, -0.05) is 23.7 Å². The van der Waals surface area contributed by atoms with Crippen molar-refractivity contribution < 1.29 is 14.2 Å². The predicted octanol–water partition coefficient (Wildman–Crippen LogP) is 4.22. The molecule has 0 aliphatic carbocycles. The van der Waals surface area contributed by atoms with E-state index in [-0.39, 0.29) is 17.2 Å². The molecule has 30 heavy (non-hydrogen) atoms. The first-order valence-electron chi connectivity index (χ1n) is 9.12. The van der Waals surface area contributed by atoms with Crippen LogP contribution < -0.4 is 5.32 Å². The van der Waals surface area contributed by atoms with Crippen LogP contribution in [0.25, 0.3) is 16.6 Å². The average Bonchev–Trinajstić information content (AvgIpc) is 3.31. The number of aromatic nitrogens is 2. The third-order valence-corrected chi connectivity index (χ3v) is 5.68. The van der Waals surface area contributed by atoms with Crippen LogP contribution in [0.5, 0.6) is 0 Å². The van der Waals surface area contributed by atoms with Gasteiger partial charge in [0.1, 0.15) is 17.4 Å². The van der Waals surface area contributed by atoms with Gasteiger partial charge in [-0.2, -0.15) is 10.4 Å². The number of nitrogens with one attached hydrogen (secondary N) is 2. The van der Waals surface area contributed by atoms with E-state index in [4.69, 9.17) is 16.4 Å². The molecule has 5 rings (SSSR count). The number of nitriles is 1. The van der Waals surface area contributed by atoms with Crippen molar-refractivity contribution in [1.29, 1.82) is 5.26 Å². The molecule has 2 aromatic carbocycles. The van der Waals surface area contributed by atoms with E-state index in [1.54, 1.807) is 6.07 Å². The van der Waals surface area contributed by atoms with E-state index in [2.05, 4.69) is 21.6 Å². The maximum atomic E-state index is 14.1. The van der Waals surface area contributed by atoms with Gasteiger partial charge in [-0.05, 0) is 36.8 Å². The largest absolute Gasteiger partial charge is 0.349 e. The molecule has 1 unspecified atom stereocenters. The Bertz CT molecular complexity index is 1350. The van der Waals surface area contributed by atoms with Gasteiger partial charge in [-0.15, -0.1) is 0 Å². The number of aryl methyl sites for hydroxylation is 1. The minimum absolute atomic E-state index is 0.0130. The molecule has 0 saturated carbocycles. The summed E-state index contributed by atoms with van der Waals surface area (Å²) >= 11 is 5.82. The van der Waals surface area contributed by atoms with Crippen molar-refractivity contribution >= 4 is 28.2 Å². The summed E-state index contributed by atoms with van der Waals surface area (Å²) in [5, 5.41) is 21.2. The summed E-state index contributed by atoms with van der Waals surface area (Å²) in [4.78, 5) is 18.0. The number of allylic oxidation sites excluding steroid dienone is 1. The van der Waals surface area contributed by atoms with Crippen LogP contribution in [0, 0.1) is 29.0 Å². The molecule has 3 heterocycles. The van der Waals surface area contributed by atoms with Crippen LogP contribution in [-0.2, 0) is 4.84 Å². The second-order valence-corrected chi connectivity index (χ2v) is 7.51. The van der Waals surface area contributed by atoms with Crippen LogP contribution in [0.2, 0.25) is 5.02 Å². The molecule has 1 aromatic heterocycles. The smallest absolute Gasteiger partial charge is 0.328 e. The Morgan fingerprint density at radius 1 is 1.33 bits per heavy atom. The summed E-state index contributed by atoms with van der Waals surface area (Å²) in [6.07, 6.45) is 0. The zero-order valence-electron chi connectivity index (χ0n) is 15.7. The summed E-state index contributed by atoms with van der Waals surface area (Å²) in [7, 11) is 0. The highest BCUT2D eigenvalue weighted by Gasteiger charge is 2.48. The predicted molar refractivity (Wildman–Crippen MR) is 107 cm³/mol. The first-order valence-corrected chi connectivity index (χ1v) is 9.50. The van der Waals surface area contributed by atoms with E-state index in [9.17, 15) is 14.6 Å². The van der Waals surface area contributed by atoms with Crippen molar-refractivity contribution in [2.45, 2.75) is 12.8 Å². The molecule has 7 nitrogen and oxygen atoms in total. The number of rotatable bonds is 2. The summed E-state index contributed by atoms with van der Waals surface area (Å²) in [6, 6.07) is 12.1. The van der Waals surface area contributed by atoms with Crippen LogP contribution in [-0.4, -0.2) is 21.7 Å². The third-order valence-electron chi connectivity index (χ3n) is 5.37. The van der Waals surface area contributed by atoms with Gasteiger partial charge in [0.25, 0.3) is 4.92 Å². The zero-order valence-corrected chi connectivity index (χ0v) is 16.4. The van der Waals surface area contributed by atoms with E-state index < -0.39 is 11.7 Å². The maximum Gasteiger partial charge on any atom is 0.328 e. The molecular weight excluding hydrogens is 409 g/mol. The highest BCUT2D eigenvalue weighted by molar-refractivity contribution is 6.30. The molecule has 1 atom stereocenters. The van der Waals surface area contributed by atoms with Crippen molar-refractivity contribution in [3.05, 3.63) is 85.9 Å². The van der Waals surface area contributed by atoms with E-state index in [1.165, 1.54) is 12.1 Å². The number of hydrogen-bond acceptors (Lipinski definition) is 5. The number of dihydropyridines is 1. The molecule has 2 aliphatic rings. The molecule has 0 saturated heterocycles. The molecule has 0 fully saturated rings. The van der Waals surface area contributed by atoms with Crippen molar-refractivity contribution in [2.24, 2.45) is 0 Å². The monoisotopic (exact) mass is 422 g/mol. The van der Waals surface area contributed by atoms with Crippen LogP contribution in [0.4, 0.5) is 4.39 Å². The van der Waals surface area contributed by atoms with Crippen LogP contribution in [0.15, 0.2) is 53.4 Å². The normalized spacial score (nSPS) is 18.3. The Morgan fingerprint density at radius 3 is 2.93 bits per heavy atom. The highest BCUT2D eigenvalue weighted by Crippen LogP contribution is 2.43. The fourth-order valence-corrected chi connectivity index (χ4v) is 4.03. The molecule has 148 valence electrons. The van der Waals surface area contributed by atoms with E-state index in [1.807, 2.05) is 25.1 Å². The lowest BCUT2D eigenvalue weighted by Gasteiger charge is -2.23. The molecule has 2 aliphatic heterocycles. The minimum atomic E-state index is -0.682. The zero-order chi connectivity index (χ0) is 21.0. The Morgan fingerprint density at radius 2 is 2.17 bits per heavy atom. The fourth-order valence-electron chi connectivity index (χ4n) is 3.92. The second kappa shape index (κ2) is 6.68. The van der Waals surface area contributed by atoms with Gasteiger partial charge in [0.15, 0.2) is 0 Å². The molecule has 2 N–H and O–H groups in total. The van der Waals surface area contributed by atoms with Gasteiger partial charge in [0.05, 0.1) is 32.8 Å². The fraction of sp³-hybridized carbons (Fsp3) is 0.143. The van der Waals surface area contributed by atoms with E-state index >= 15 is 0 Å². The lowest BCUT2D eigenvalue weighted by molar-refractivity contribution is -0.757. The van der Waals surface area contributed by atoms with Crippen LogP contribution in [0.1, 0.15) is 22.7 Å². The summed E-state index contributed by atoms with van der Waals surface area (Å²) in [5.41, 5.74) is 4.38. The Kier molecular flexibility index (Phi) is 4.08. The lowest BCUT2D eigenvalue weighted by Crippen LogP contribution is -2.26. The minimum Gasteiger partial charge on any atom is -0.349 e. The third kappa shape index (κ3) is 2.67. The van der Waals surface area contributed by atoms with Gasteiger partial charge in [-0.3, -0.25) is 5.10 Å². The topological polar surface area (TPSA) is 93.8 Å². The SMILES string of the molecule is Cc1[nH]nc2ccc(C3C(C#N)=C(c4ccc(Cl)c(F)c4)NC4=C3[N+](=O)OC4)cc12. The first kappa shape index (κ1) is 18.3. The Labute approximate surface area is 174 Å². The quantitative estimate of drug-likeness (QED) is 0.644. The standard InChI is InChI=1S/C21H14ClFN5O2/c1-10-13-6-11(3-5-17(13)27-26-10)19-14(8-24)20(12-2-4-15(22)16(23)7-12)25-18-9-30-28(29)21(18)19/h2-7,19,25H,9H2,1H3,(H,26,27)/q+1. The molecule has 0 radical (unpaired) electrons. The first-order chi connectivity index (χ1) is 14.5. The Balaban J connectivity index is 1.75. The van der Waals surface area contributed by atoms with Gasteiger partial charge >= 0.3 is 5.70 Å². The number of aromatic amines is 1. The van der Waals surface area contributed by atoms with Gasteiger partial charge in [0, 0.05) is 16.6 Å². The van der Waals surface area contributed by atoms with Gasteiger partial charge < -0.3 is 5.32 Å². The Hall–Kier alpha value is -3.70. The van der Waals surface area contributed by atoms with Crippen molar-refractivity contribution in [1.82, 2.24) is 15.5 Å². The molecule has 3 aromatic rings. The number of hydrogen-bond donors (Lipinski definition) is 2. The van der Waals surface area contributed by atoms with Gasteiger partial charge in [0.2, 0.25) is 6.61 Å². The number of fused-ring (bicyclic) bond motifs is 1. The molecule has 0 amide bonds. The maximum absolute atomic E-state index is 14.1. The number of halogens is 2. The van der Waals surface area contributed by atoms with Gasteiger partial charge in [-0.25, -0.2) is 9.23 Å². The number of benzene rings is 2. The lowest BCUT2D eigenvalue weighted by atomic mass is 9.83. The van der Waals surface area contributed by atoms with Crippen LogP contribution >= 0.6 is 11.6 Å². The summed E-state index contributed by atoms with van der Waals surface area (Å²) < 4.78 is 14.1. The number of H-pyrrole nitrogens is 1. The molecule has 0 bridgehead atoms. The molecule has 9 heteroatoms. The van der Waals surface area contributed by atoms with E-state index in [0.29, 0.717) is 27.6 Å². The van der Waals surface area contributed by atoms with Crippen molar-refractivity contribution in [2.75, 3.05) is 6.61 Å². The summed E-state index contributed by atoms with van der Waals surface area (Å²) in [6.45, 7) is 1.92. The second-order valence-electron chi connectivity index (χ2n) is 7.11.